The van der Waals surface area contributed by atoms with Crippen LogP contribution in [-0.2, 0) is 0 Å². The molecule has 6 nitrogen and oxygen atoms in total. The Bertz CT molecular complexity index is 655. The number of ether oxygens (including phenoxy) is 1. The lowest BCUT2D eigenvalue weighted by atomic mass is 10.1. The predicted octanol–water partition coefficient (Wildman–Crippen LogP) is 2.20. The Hall–Kier alpha value is -2.47. The van der Waals surface area contributed by atoms with Crippen molar-refractivity contribution in [2.45, 2.75) is 18.9 Å². The zero-order chi connectivity index (χ0) is 16.1. The minimum absolute atomic E-state index is 0.0995. The lowest BCUT2D eigenvalue weighted by Crippen LogP contribution is -2.36. The van der Waals surface area contributed by atoms with Crippen molar-refractivity contribution in [3.8, 4) is 5.88 Å². The summed E-state index contributed by atoms with van der Waals surface area (Å²) in [6.07, 6.45) is 5.25. The topological polar surface area (TPSA) is 67.3 Å². The number of hydrogen-bond acceptors (Lipinski definition) is 5. The lowest BCUT2D eigenvalue weighted by molar-refractivity contribution is 0.0976. The van der Waals surface area contributed by atoms with E-state index < -0.39 is 0 Å². The van der Waals surface area contributed by atoms with Crippen LogP contribution in [0.3, 0.4) is 0 Å². The third kappa shape index (κ3) is 4.04. The molecule has 23 heavy (non-hydrogen) atoms. The van der Waals surface area contributed by atoms with E-state index in [0.717, 1.165) is 25.9 Å². The van der Waals surface area contributed by atoms with Crippen LogP contribution in [0.5, 0.6) is 5.88 Å². The molecule has 1 fully saturated rings. The second-order valence-electron chi connectivity index (χ2n) is 5.65. The number of carbonyl (C=O) groups excluding carboxylic acids is 1. The van der Waals surface area contributed by atoms with Crippen LogP contribution in [0.4, 0.5) is 5.82 Å². The van der Waals surface area contributed by atoms with Crippen LogP contribution in [0.2, 0.25) is 0 Å². The number of rotatable bonds is 4. The maximum absolute atomic E-state index is 12.4. The van der Waals surface area contributed by atoms with Crippen molar-refractivity contribution in [3.63, 3.8) is 0 Å². The van der Waals surface area contributed by atoms with Crippen LogP contribution in [0, 0.1) is 0 Å². The molecule has 0 atom stereocenters. The SMILES string of the molecule is CN1CCC(Oc2ncccc2C(=O)Nc2ccccn2)CC1. The number of hydrogen-bond donors (Lipinski definition) is 1. The molecule has 3 heterocycles. The second-order valence-corrected chi connectivity index (χ2v) is 5.65. The zero-order valence-corrected chi connectivity index (χ0v) is 13.1. The zero-order valence-electron chi connectivity index (χ0n) is 13.1. The van der Waals surface area contributed by atoms with Gasteiger partial charge in [-0.15, -0.1) is 0 Å². The van der Waals surface area contributed by atoms with Gasteiger partial charge < -0.3 is 15.0 Å². The fourth-order valence-corrected chi connectivity index (χ4v) is 2.54. The number of anilines is 1. The Labute approximate surface area is 135 Å². The van der Waals surface area contributed by atoms with E-state index in [1.807, 2.05) is 6.07 Å². The Morgan fingerprint density at radius 2 is 1.96 bits per heavy atom. The summed E-state index contributed by atoms with van der Waals surface area (Å²) in [5, 5.41) is 2.76. The molecule has 2 aromatic rings. The molecule has 0 unspecified atom stereocenters. The molecule has 1 amide bonds. The van der Waals surface area contributed by atoms with Crippen LogP contribution >= 0.6 is 0 Å². The minimum atomic E-state index is -0.264. The number of nitrogens with one attached hydrogen (secondary N) is 1. The summed E-state index contributed by atoms with van der Waals surface area (Å²) in [6.45, 7) is 1.99. The largest absolute Gasteiger partial charge is 0.474 e. The minimum Gasteiger partial charge on any atom is -0.474 e. The molecule has 0 aromatic carbocycles. The van der Waals surface area contributed by atoms with Gasteiger partial charge in [-0.3, -0.25) is 4.79 Å². The summed E-state index contributed by atoms with van der Waals surface area (Å²) < 4.78 is 5.97. The molecule has 0 spiro atoms. The van der Waals surface area contributed by atoms with Gasteiger partial charge in [-0.1, -0.05) is 6.07 Å². The van der Waals surface area contributed by atoms with Crippen LogP contribution in [0.1, 0.15) is 23.2 Å². The van der Waals surface area contributed by atoms with Gasteiger partial charge in [0.15, 0.2) is 0 Å². The first-order valence-electron chi connectivity index (χ1n) is 7.75. The summed E-state index contributed by atoms with van der Waals surface area (Å²) >= 11 is 0. The van der Waals surface area contributed by atoms with Gasteiger partial charge in [0.1, 0.15) is 17.5 Å². The summed E-state index contributed by atoms with van der Waals surface area (Å²) in [6, 6.07) is 8.81. The highest BCUT2D eigenvalue weighted by Gasteiger charge is 2.21. The number of nitrogens with zero attached hydrogens (tertiary/aromatic N) is 3. The summed E-state index contributed by atoms with van der Waals surface area (Å²) in [5.41, 5.74) is 0.428. The fourth-order valence-electron chi connectivity index (χ4n) is 2.54. The Balaban J connectivity index is 1.71. The predicted molar refractivity (Wildman–Crippen MR) is 87.6 cm³/mol. The first kappa shape index (κ1) is 15.4. The number of aromatic nitrogens is 2. The summed E-state index contributed by atoms with van der Waals surface area (Å²) in [5.74, 6) is 0.627. The highest BCUT2D eigenvalue weighted by Crippen LogP contribution is 2.21. The Morgan fingerprint density at radius 3 is 2.70 bits per heavy atom. The van der Waals surface area contributed by atoms with E-state index in [1.54, 1.807) is 36.7 Å². The number of carbonyl (C=O) groups is 1. The van der Waals surface area contributed by atoms with E-state index in [-0.39, 0.29) is 12.0 Å². The van der Waals surface area contributed by atoms with Crippen LogP contribution in [0.25, 0.3) is 0 Å². The van der Waals surface area contributed by atoms with Crippen LogP contribution < -0.4 is 10.1 Å². The van der Waals surface area contributed by atoms with Crippen molar-refractivity contribution >= 4 is 11.7 Å². The third-order valence-corrected chi connectivity index (χ3v) is 3.87. The molecule has 1 aliphatic heterocycles. The molecule has 1 N–H and O–H groups in total. The van der Waals surface area contributed by atoms with E-state index >= 15 is 0 Å². The van der Waals surface area contributed by atoms with Gasteiger partial charge in [0.25, 0.3) is 5.91 Å². The number of likely N-dealkylation sites (tertiary alicyclic amines) is 1. The molecular weight excluding hydrogens is 292 g/mol. The molecule has 1 saturated heterocycles. The average molecular weight is 312 g/mol. The maximum Gasteiger partial charge on any atom is 0.262 e. The molecule has 120 valence electrons. The van der Waals surface area contributed by atoms with Gasteiger partial charge in [0, 0.05) is 25.5 Å². The van der Waals surface area contributed by atoms with Gasteiger partial charge in [-0.2, -0.15) is 0 Å². The second kappa shape index (κ2) is 7.19. The normalized spacial score (nSPS) is 16.0. The molecular formula is C17H20N4O2. The number of pyridine rings is 2. The van der Waals surface area contributed by atoms with E-state index in [2.05, 4.69) is 27.2 Å². The lowest BCUT2D eigenvalue weighted by Gasteiger charge is -2.29. The van der Waals surface area contributed by atoms with Gasteiger partial charge in [-0.05, 0) is 44.2 Å². The third-order valence-electron chi connectivity index (χ3n) is 3.87. The van der Waals surface area contributed by atoms with Crippen LogP contribution in [0.15, 0.2) is 42.7 Å². The Morgan fingerprint density at radius 1 is 1.17 bits per heavy atom. The van der Waals surface area contributed by atoms with Crippen molar-refractivity contribution in [1.29, 1.82) is 0 Å². The van der Waals surface area contributed by atoms with Gasteiger partial charge in [-0.25, -0.2) is 9.97 Å². The summed E-state index contributed by atoms with van der Waals surface area (Å²) in [7, 11) is 2.10. The maximum atomic E-state index is 12.4. The molecule has 2 aromatic heterocycles. The van der Waals surface area contributed by atoms with Crippen molar-refractivity contribution < 1.29 is 9.53 Å². The van der Waals surface area contributed by atoms with E-state index in [9.17, 15) is 4.79 Å². The Kier molecular flexibility index (Phi) is 4.83. The van der Waals surface area contributed by atoms with Gasteiger partial charge >= 0.3 is 0 Å². The van der Waals surface area contributed by atoms with E-state index in [4.69, 9.17) is 4.74 Å². The molecule has 0 aliphatic carbocycles. The van der Waals surface area contributed by atoms with Crippen molar-refractivity contribution in [1.82, 2.24) is 14.9 Å². The molecule has 1 aliphatic rings. The fraction of sp³-hybridized carbons (Fsp3) is 0.353. The van der Waals surface area contributed by atoms with Gasteiger partial charge in [0.05, 0.1) is 0 Å². The molecule has 0 radical (unpaired) electrons. The number of piperidine rings is 1. The van der Waals surface area contributed by atoms with Crippen molar-refractivity contribution in [2.75, 3.05) is 25.5 Å². The van der Waals surface area contributed by atoms with Crippen LogP contribution in [-0.4, -0.2) is 47.0 Å². The smallest absolute Gasteiger partial charge is 0.262 e. The van der Waals surface area contributed by atoms with E-state index in [0.29, 0.717) is 17.3 Å². The van der Waals surface area contributed by atoms with Crippen molar-refractivity contribution in [2.24, 2.45) is 0 Å². The van der Waals surface area contributed by atoms with Crippen molar-refractivity contribution in [3.05, 3.63) is 48.3 Å². The highest BCUT2D eigenvalue weighted by molar-refractivity contribution is 6.05. The van der Waals surface area contributed by atoms with Gasteiger partial charge in [0.2, 0.25) is 5.88 Å². The first-order valence-corrected chi connectivity index (χ1v) is 7.75. The molecule has 3 rings (SSSR count). The highest BCUT2D eigenvalue weighted by atomic mass is 16.5. The standard InChI is InChI=1S/C17H20N4O2/c1-21-11-7-13(8-12-21)23-17-14(5-4-10-19-17)16(22)20-15-6-2-3-9-18-15/h2-6,9-10,13H,7-8,11-12H2,1H3,(H,18,20,22). The first-order chi connectivity index (χ1) is 11.2. The monoisotopic (exact) mass is 312 g/mol. The number of amides is 1. The average Bonchev–Trinajstić information content (AvgIpc) is 2.58. The quantitative estimate of drug-likeness (QED) is 0.937. The molecule has 6 heteroatoms. The molecule has 0 saturated carbocycles. The van der Waals surface area contributed by atoms with E-state index in [1.165, 1.54) is 0 Å². The summed E-state index contributed by atoms with van der Waals surface area (Å²) in [4.78, 5) is 23.1. The molecule has 0 bridgehead atoms.